The summed E-state index contributed by atoms with van der Waals surface area (Å²) < 4.78 is 1.70. The molecule has 0 bridgehead atoms. The Bertz CT molecular complexity index is 920. The molecule has 1 amide bonds. The number of aromatic nitrogens is 3. The summed E-state index contributed by atoms with van der Waals surface area (Å²) in [6.07, 6.45) is 0.861. The minimum Gasteiger partial charge on any atom is -0.372 e. The molecule has 146 valence electrons. The summed E-state index contributed by atoms with van der Waals surface area (Å²) in [7, 11) is 0. The zero-order valence-electron chi connectivity index (χ0n) is 16.7. The number of aryl methyl sites for hydroxylation is 1. The highest BCUT2D eigenvalue weighted by Gasteiger charge is 2.17. The fraction of sp³-hybridized carbons (Fsp3) is 0.318. The molecule has 6 nitrogen and oxygen atoms in total. The van der Waals surface area contributed by atoms with Crippen molar-refractivity contribution in [1.82, 2.24) is 20.3 Å². The van der Waals surface area contributed by atoms with E-state index in [1.54, 1.807) is 4.68 Å². The van der Waals surface area contributed by atoms with Crippen LogP contribution in [0, 0.1) is 13.8 Å². The van der Waals surface area contributed by atoms with Gasteiger partial charge in [0.05, 0.1) is 11.4 Å². The Hall–Kier alpha value is -3.15. The van der Waals surface area contributed by atoms with Crippen molar-refractivity contribution >= 4 is 11.6 Å². The van der Waals surface area contributed by atoms with Crippen LogP contribution in [-0.2, 0) is 0 Å². The number of para-hydroxylation sites is 1. The quantitative estimate of drug-likeness (QED) is 0.610. The van der Waals surface area contributed by atoms with E-state index < -0.39 is 0 Å². The van der Waals surface area contributed by atoms with E-state index in [1.165, 1.54) is 5.69 Å². The van der Waals surface area contributed by atoms with Crippen molar-refractivity contribution in [3.8, 4) is 5.69 Å². The number of benzene rings is 2. The van der Waals surface area contributed by atoms with Crippen molar-refractivity contribution in [3.05, 3.63) is 71.5 Å². The second-order valence-corrected chi connectivity index (χ2v) is 6.80. The molecule has 3 aromatic rings. The molecular formula is C22H27N5O. The average Bonchev–Trinajstić information content (AvgIpc) is 3.10. The maximum Gasteiger partial charge on any atom is 0.273 e. The van der Waals surface area contributed by atoms with Crippen LogP contribution in [0.15, 0.2) is 54.6 Å². The number of anilines is 1. The molecule has 0 saturated carbocycles. The van der Waals surface area contributed by atoms with Gasteiger partial charge in [0.25, 0.3) is 5.91 Å². The van der Waals surface area contributed by atoms with Crippen LogP contribution in [-0.4, -0.2) is 40.5 Å². The van der Waals surface area contributed by atoms with Crippen molar-refractivity contribution in [2.75, 3.05) is 24.5 Å². The third-order valence-corrected chi connectivity index (χ3v) is 4.75. The Morgan fingerprint density at radius 1 is 1.11 bits per heavy atom. The van der Waals surface area contributed by atoms with Gasteiger partial charge in [-0.1, -0.05) is 35.5 Å². The summed E-state index contributed by atoms with van der Waals surface area (Å²) >= 11 is 0. The highest BCUT2D eigenvalue weighted by molar-refractivity contribution is 5.93. The second kappa shape index (κ2) is 9.17. The van der Waals surface area contributed by atoms with Crippen molar-refractivity contribution in [3.63, 3.8) is 0 Å². The molecule has 0 aliphatic heterocycles. The van der Waals surface area contributed by atoms with Gasteiger partial charge in [-0.15, -0.1) is 5.10 Å². The van der Waals surface area contributed by atoms with E-state index in [4.69, 9.17) is 0 Å². The van der Waals surface area contributed by atoms with Gasteiger partial charge in [0, 0.05) is 25.3 Å². The molecule has 1 N–H and O–H groups in total. The number of nitrogens with zero attached hydrogens (tertiary/aromatic N) is 4. The van der Waals surface area contributed by atoms with Crippen LogP contribution >= 0.6 is 0 Å². The monoisotopic (exact) mass is 377 g/mol. The first-order chi connectivity index (χ1) is 13.6. The third kappa shape index (κ3) is 4.57. The van der Waals surface area contributed by atoms with E-state index in [2.05, 4.69) is 39.6 Å². The largest absolute Gasteiger partial charge is 0.372 e. The molecule has 0 aliphatic rings. The molecule has 28 heavy (non-hydrogen) atoms. The van der Waals surface area contributed by atoms with E-state index in [0.717, 1.165) is 36.5 Å². The Kier molecular flexibility index (Phi) is 6.42. The number of hydrogen-bond acceptors (Lipinski definition) is 4. The summed E-state index contributed by atoms with van der Waals surface area (Å²) in [5.41, 5.74) is 4.36. The van der Waals surface area contributed by atoms with Gasteiger partial charge in [0.15, 0.2) is 5.69 Å². The van der Waals surface area contributed by atoms with E-state index >= 15 is 0 Å². The summed E-state index contributed by atoms with van der Waals surface area (Å²) in [5, 5.41) is 11.2. The minimum absolute atomic E-state index is 0.181. The Morgan fingerprint density at radius 3 is 2.61 bits per heavy atom. The number of hydrogen-bond donors (Lipinski definition) is 1. The zero-order valence-corrected chi connectivity index (χ0v) is 16.7. The van der Waals surface area contributed by atoms with E-state index in [-0.39, 0.29) is 5.91 Å². The van der Waals surface area contributed by atoms with Gasteiger partial charge in [-0.05, 0) is 57.0 Å². The predicted molar refractivity (Wildman–Crippen MR) is 112 cm³/mol. The maximum atomic E-state index is 12.5. The van der Waals surface area contributed by atoms with E-state index in [1.807, 2.05) is 56.3 Å². The molecule has 0 fully saturated rings. The van der Waals surface area contributed by atoms with Gasteiger partial charge in [0.2, 0.25) is 0 Å². The molecule has 6 heteroatoms. The lowest BCUT2D eigenvalue weighted by Crippen LogP contribution is -2.30. The van der Waals surface area contributed by atoms with Crippen molar-refractivity contribution in [2.24, 2.45) is 0 Å². The molecule has 1 aromatic heterocycles. The predicted octanol–water partition coefficient (Wildman–Crippen LogP) is 3.53. The van der Waals surface area contributed by atoms with Crippen LogP contribution < -0.4 is 10.2 Å². The van der Waals surface area contributed by atoms with E-state index in [0.29, 0.717) is 12.2 Å². The van der Waals surface area contributed by atoms with Gasteiger partial charge in [0.1, 0.15) is 0 Å². The van der Waals surface area contributed by atoms with Gasteiger partial charge in [-0.2, -0.15) is 0 Å². The maximum absolute atomic E-state index is 12.5. The Labute approximate surface area is 166 Å². The molecule has 0 aliphatic carbocycles. The number of carbonyl (C=O) groups is 1. The summed E-state index contributed by atoms with van der Waals surface area (Å²) in [6, 6.07) is 18.3. The Morgan fingerprint density at radius 2 is 1.89 bits per heavy atom. The first kappa shape index (κ1) is 19.6. The van der Waals surface area contributed by atoms with Crippen molar-refractivity contribution in [1.29, 1.82) is 0 Å². The normalized spacial score (nSPS) is 10.7. The highest BCUT2D eigenvalue weighted by atomic mass is 16.2. The van der Waals surface area contributed by atoms with E-state index in [9.17, 15) is 4.79 Å². The van der Waals surface area contributed by atoms with Crippen LogP contribution in [0.5, 0.6) is 0 Å². The smallest absolute Gasteiger partial charge is 0.273 e. The molecule has 0 atom stereocenters. The summed E-state index contributed by atoms with van der Waals surface area (Å²) in [6.45, 7) is 8.44. The number of amides is 1. The van der Waals surface area contributed by atoms with Crippen LogP contribution in [0.3, 0.4) is 0 Å². The van der Waals surface area contributed by atoms with Gasteiger partial charge in [-0.3, -0.25) is 4.79 Å². The van der Waals surface area contributed by atoms with Gasteiger partial charge < -0.3 is 10.2 Å². The fourth-order valence-corrected chi connectivity index (χ4v) is 3.21. The van der Waals surface area contributed by atoms with Crippen molar-refractivity contribution < 1.29 is 4.79 Å². The van der Waals surface area contributed by atoms with Crippen LogP contribution in [0.25, 0.3) is 5.69 Å². The number of carbonyl (C=O) groups excluding carboxylic acids is 1. The van der Waals surface area contributed by atoms with Gasteiger partial charge >= 0.3 is 0 Å². The molecule has 0 spiro atoms. The standard InChI is InChI=1S/C22H27N5O/c1-4-26(19-11-6-5-7-12-19)15-9-14-23-22(28)21-18(3)27(25-24-21)20-13-8-10-17(2)16-20/h5-8,10-13,16H,4,9,14-15H2,1-3H3,(H,23,28). The van der Waals surface area contributed by atoms with Gasteiger partial charge in [-0.25, -0.2) is 4.68 Å². The summed E-state index contributed by atoms with van der Waals surface area (Å²) in [5.74, 6) is -0.181. The van der Waals surface area contributed by atoms with Crippen molar-refractivity contribution in [2.45, 2.75) is 27.2 Å². The average molecular weight is 377 g/mol. The Balaban J connectivity index is 1.56. The molecular weight excluding hydrogens is 350 g/mol. The van der Waals surface area contributed by atoms with Crippen LogP contribution in [0.4, 0.5) is 5.69 Å². The highest BCUT2D eigenvalue weighted by Crippen LogP contribution is 2.14. The second-order valence-electron chi connectivity index (χ2n) is 6.80. The fourth-order valence-electron chi connectivity index (χ4n) is 3.21. The molecule has 1 heterocycles. The molecule has 3 rings (SSSR count). The van der Waals surface area contributed by atoms with Crippen LogP contribution in [0.2, 0.25) is 0 Å². The molecule has 0 radical (unpaired) electrons. The molecule has 2 aromatic carbocycles. The first-order valence-corrected chi connectivity index (χ1v) is 9.67. The lowest BCUT2D eigenvalue weighted by atomic mass is 10.2. The molecule has 0 unspecified atom stereocenters. The first-order valence-electron chi connectivity index (χ1n) is 9.67. The lowest BCUT2D eigenvalue weighted by Gasteiger charge is -2.23. The third-order valence-electron chi connectivity index (χ3n) is 4.75. The summed E-state index contributed by atoms with van der Waals surface area (Å²) in [4.78, 5) is 14.8. The lowest BCUT2D eigenvalue weighted by molar-refractivity contribution is 0.0947. The van der Waals surface area contributed by atoms with Crippen LogP contribution in [0.1, 0.15) is 35.1 Å². The number of rotatable bonds is 8. The zero-order chi connectivity index (χ0) is 19.9. The topological polar surface area (TPSA) is 63.1 Å². The SMILES string of the molecule is CCN(CCCNC(=O)c1nnn(-c2cccc(C)c2)c1C)c1ccccc1. The number of nitrogens with one attached hydrogen (secondary N) is 1. The minimum atomic E-state index is -0.181. The molecule has 0 saturated heterocycles.